The zero-order chi connectivity index (χ0) is 22.5. The largest absolute Gasteiger partial charge is 0.474 e. The minimum Gasteiger partial charge on any atom is -0.463 e. The Morgan fingerprint density at radius 3 is 1.40 bits per heavy atom. The number of esters is 2. The van der Waals surface area contributed by atoms with Crippen molar-refractivity contribution >= 4 is 19.8 Å². The molecular weight excluding hydrogens is 411 g/mol. The molecule has 0 unspecified atom stereocenters. The fourth-order valence-electron chi connectivity index (χ4n) is 2.22. The van der Waals surface area contributed by atoms with E-state index in [4.69, 9.17) is 23.0 Å². The predicted octanol–water partition coefficient (Wildman–Crippen LogP) is 5.13. The van der Waals surface area contributed by atoms with Crippen molar-refractivity contribution in [1.29, 1.82) is 0 Å². The van der Waals surface area contributed by atoms with E-state index in [-0.39, 0.29) is 13.2 Å². The summed E-state index contributed by atoms with van der Waals surface area (Å²) in [6.45, 7) is 10.2. The van der Waals surface area contributed by atoms with Crippen LogP contribution in [0, 0.1) is 0 Å². The van der Waals surface area contributed by atoms with Crippen molar-refractivity contribution in [1.82, 2.24) is 0 Å². The minimum absolute atomic E-state index is 0.234. The summed E-state index contributed by atoms with van der Waals surface area (Å²) in [6.07, 6.45) is 9.21. The molecule has 0 aromatic rings. The summed E-state index contributed by atoms with van der Waals surface area (Å²) in [7, 11) is -3.61. The van der Waals surface area contributed by atoms with E-state index in [1.807, 2.05) is 0 Å². The van der Waals surface area contributed by atoms with Crippen LogP contribution in [-0.2, 0) is 37.2 Å². The maximum atomic E-state index is 12.8. The Morgan fingerprint density at radius 2 is 1.03 bits per heavy atom. The number of phosphoric acid groups is 1. The summed E-state index contributed by atoms with van der Waals surface area (Å²) in [6, 6.07) is 0. The molecule has 0 fully saturated rings. The van der Waals surface area contributed by atoms with Gasteiger partial charge in [-0.25, -0.2) is 14.2 Å². The number of rotatable bonds is 21. The number of ether oxygens (including phenoxy) is 2. The van der Waals surface area contributed by atoms with Crippen molar-refractivity contribution in [2.24, 2.45) is 0 Å². The second kappa shape index (κ2) is 19.5. The van der Waals surface area contributed by atoms with Crippen molar-refractivity contribution < 1.29 is 37.2 Å². The van der Waals surface area contributed by atoms with Gasteiger partial charge >= 0.3 is 19.8 Å². The standard InChI is InChI=1S/C21H37O8P/c1-4-7-10-17-27-30(24,28-18-13-8-11-15-25-20(22)5-2)29-19-14-9-12-16-26-21(23)6-3/h5-6H,2-4,7-19H2,1H3. The summed E-state index contributed by atoms with van der Waals surface area (Å²) in [5, 5.41) is 0. The highest BCUT2D eigenvalue weighted by atomic mass is 31.2. The molecule has 0 bridgehead atoms. The summed E-state index contributed by atoms with van der Waals surface area (Å²) in [5.41, 5.74) is 0. The van der Waals surface area contributed by atoms with Gasteiger partial charge in [-0.2, -0.15) is 0 Å². The lowest BCUT2D eigenvalue weighted by Gasteiger charge is -2.18. The number of hydrogen-bond acceptors (Lipinski definition) is 8. The third kappa shape index (κ3) is 17.4. The van der Waals surface area contributed by atoms with E-state index < -0.39 is 19.8 Å². The molecule has 8 nitrogen and oxygen atoms in total. The van der Waals surface area contributed by atoms with Gasteiger partial charge in [0.15, 0.2) is 0 Å². The van der Waals surface area contributed by atoms with E-state index in [1.165, 1.54) is 0 Å². The Balaban J connectivity index is 4.09. The Bertz CT molecular complexity index is 497. The van der Waals surface area contributed by atoms with Crippen molar-refractivity contribution in [3.05, 3.63) is 25.3 Å². The number of unbranched alkanes of at least 4 members (excludes halogenated alkanes) is 6. The maximum absolute atomic E-state index is 12.8. The van der Waals surface area contributed by atoms with Crippen molar-refractivity contribution in [2.75, 3.05) is 33.0 Å². The average Bonchev–Trinajstić information content (AvgIpc) is 2.75. The normalized spacial score (nSPS) is 11.1. The molecule has 0 saturated carbocycles. The molecule has 0 heterocycles. The van der Waals surface area contributed by atoms with E-state index in [1.54, 1.807) is 0 Å². The van der Waals surface area contributed by atoms with Gasteiger partial charge in [-0.15, -0.1) is 0 Å². The molecular formula is C21H37O8P. The molecule has 0 saturated heterocycles. The summed E-state index contributed by atoms with van der Waals surface area (Å²) in [5.74, 6) is -0.882. The lowest BCUT2D eigenvalue weighted by atomic mass is 10.2. The Hall–Kier alpha value is -1.47. The van der Waals surface area contributed by atoms with Crippen LogP contribution in [0.25, 0.3) is 0 Å². The van der Waals surface area contributed by atoms with Crippen molar-refractivity contribution in [2.45, 2.75) is 64.7 Å². The van der Waals surface area contributed by atoms with E-state index in [0.717, 1.165) is 44.3 Å². The second-order valence-electron chi connectivity index (χ2n) is 6.52. The van der Waals surface area contributed by atoms with E-state index in [0.29, 0.717) is 45.5 Å². The highest BCUT2D eigenvalue weighted by Crippen LogP contribution is 2.49. The summed E-state index contributed by atoms with van der Waals surface area (Å²) < 4.78 is 38.9. The predicted molar refractivity (Wildman–Crippen MR) is 115 cm³/mol. The third-order valence-electron chi connectivity index (χ3n) is 3.90. The molecule has 0 amide bonds. The van der Waals surface area contributed by atoms with Crippen molar-refractivity contribution in [3.63, 3.8) is 0 Å². The van der Waals surface area contributed by atoms with Crippen LogP contribution in [0.4, 0.5) is 0 Å². The second-order valence-corrected chi connectivity index (χ2v) is 8.19. The van der Waals surface area contributed by atoms with Gasteiger partial charge in [0.25, 0.3) is 0 Å². The average molecular weight is 448 g/mol. The zero-order valence-corrected chi connectivity index (χ0v) is 19.1. The Morgan fingerprint density at radius 1 is 0.667 bits per heavy atom. The van der Waals surface area contributed by atoms with Gasteiger partial charge < -0.3 is 9.47 Å². The Labute approximate surface area is 180 Å². The molecule has 0 rings (SSSR count). The summed E-state index contributed by atoms with van der Waals surface area (Å²) >= 11 is 0. The molecule has 0 aromatic carbocycles. The fourth-order valence-corrected chi connectivity index (χ4v) is 3.50. The van der Waals surface area contributed by atoms with Gasteiger partial charge in [0, 0.05) is 12.2 Å². The quantitative estimate of drug-likeness (QED) is 0.103. The van der Waals surface area contributed by atoms with Gasteiger partial charge in [-0.05, 0) is 44.9 Å². The molecule has 0 aliphatic carbocycles. The first-order valence-electron chi connectivity index (χ1n) is 10.6. The van der Waals surface area contributed by atoms with Crippen LogP contribution < -0.4 is 0 Å². The molecule has 0 aliphatic rings. The first kappa shape index (κ1) is 28.5. The molecule has 30 heavy (non-hydrogen) atoms. The maximum Gasteiger partial charge on any atom is 0.474 e. The molecule has 174 valence electrons. The van der Waals surface area contributed by atoms with Gasteiger partial charge in [0.05, 0.1) is 33.0 Å². The highest BCUT2D eigenvalue weighted by molar-refractivity contribution is 7.48. The van der Waals surface area contributed by atoms with Crippen LogP contribution in [0.15, 0.2) is 25.3 Å². The number of hydrogen-bond donors (Lipinski definition) is 0. The molecule has 0 radical (unpaired) electrons. The molecule has 0 atom stereocenters. The van der Waals surface area contributed by atoms with Gasteiger partial charge in [0.1, 0.15) is 0 Å². The van der Waals surface area contributed by atoms with Crippen LogP contribution in [0.5, 0.6) is 0 Å². The SMILES string of the molecule is C=CC(=O)OCCCCCOP(=O)(OCCCCC)OCCCCCOC(=O)C=C. The molecule has 0 aromatic heterocycles. The highest BCUT2D eigenvalue weighted by Gasteiger charge is 2.26. The van der Waals surface area contributed by atoms with Gasteiger partial charge in [0.2, 0.25) is 0 Å². The lowest BCUT2D eigenvalue weighted by Crippen LogP contribution is -2.06. The van der Waals surface area contributed by atoms with E-state index in [2.05, 4.69) is 20.1 Å². The molecule has 0 spiro atoms. The summed E-state index contributed by atoms with van der Waals surface area (Å²) in [4.78, 5) is 21.9. The molecule has 9 heteroatoms. The smallest absolute Gasteiger partial charge is 0.463 e. The first-order valence-corrected chi connectivity index (χ1v) is 12.1. The van der Waals surface area contributed by atoms with E-state index >= 15 is 0 Å². The third-order valence-corrected chi connectivity index (χ3v) is 5.39. The van der Waals surface area contributed by atoms with Gasteiger partial charge in [-0.3, -0.25) is 13.6 Å². The van der Waals surface area contributed by atoms with E-state index in [9.17, 15) is 14.2 Å². The monoisotopic (exact) mass is 448 g/mol. The first-order chi connectivity index (χ1) is 14.5. The number of carbonyl (C=O) groups is 2. The number of phosphoric ester groups is 1. The number of carbonyl (C=O) groups excluding carboxylic acids is 2. The van der Waals surface area contributed by atoms with Crippen LogP contribution in [0.2, 0.25) is 0 Å². The zero-order valence-electron chi connectivity index (χ0n) is 18.2. The Kier molecular flexibility index (Phi) is 18.5. The topological polar surface area (TPSA) is 97.4 Å². The minimum atomic E-state index is -3.61. The molecule has 0 N–H and O–H groups in total. The van der Waals surface area contributed by atoms with Crippen molar-refractivity contribution in [3.8, 4) is 0 Å². The van der Waals surface area contributed by atoms with Gasteiger partial charge in [-0.1, -0.05) is 32.9 Å². The lowest BCUT2D eigenvalue weighted by molar-refractivity contribution is -0.138. The molecule has 0 aliphatic heterocycles. The van der Waals surface area contributed by atoms with Crippen LogP contribution in [-0.4, -0.2) is 45.0 Å². The van der Waals surface area contributed by atoms with Crippen LogP contribution >= 0.6 is 7.82 Å². The van der Waals surface area contributed by atoms with Crippen LogP contribution in [0.3, 0.4) is 0 Å². The van der Waals surface area contributed by atoms with Crippen LogP contribution in [0.1, 0.15) is 64.7 Å². The fraction of sp³-hybridized carbons (Fsp3) is 0.714.